The Morgan fingerprint density at radius 2 is 2.00 bits per heavy atom. The number of anilines is 2. The Morgan fingerprint density at radius 3 is 2.75 bits per heavy atom. The lowest BCUT2D eigenvalue weighted by Crippen LogP contribution is -2.26. The van der Waals surface area contributed by atoms with Crippen molar-refractivity contribution in [2.75, 3.05) is 17.1 Å². The second kappa shape index (κ2) is 6.37. The smallest absolute Gasteiger partial charge is 0.261 e. The monoisotopic (exact) mass is 364 g/mol. The molecule has 6 nitrogen and oxygen atoms in total. The molecule has 2 N–H and O–H groups in total. The molecule has 1 heterocycles. The van der Waals surface area contributed by atoms with Crippen molar-refractivity contribution >= 4 is 39.1 Å². The second-order valence-corrected chi connectivity index (χ2v) is 8.31. The normalized spacial score (nSPS) is 16.9. The van der Waals surface area contributed by atoms with Crippen molar-refractivity contribution in [2.24, 2.45) is 0 Å². The standard InChI is InChI=1S/C16H16N2O4S2/c1-10-16(19)17-14-9-13(6-7-15(14)23-10)24(20,21)18-11-4-3-5-12(8-11)22-2/h3-10,18H,1-2H3,(H,17,19)/t10-/m0/s1. The molecular weight excluding hydrogens is 348 g/mol. The molecule has 24 heavy (non-hydrogen) atoms. The predicted molar refractivity (Wildman–Crippen MR) is 94.2 cm³/mol. The average Bonchev–Trinajstić information content (AvgIpc) is 2.55. The average molecular weight is 364 g/mol. The molecule has 1 aliphatic heterocycles. The molecule has 0 aliphatic carbocycles. The molecule has 3 rings (SSSR count). The summed E-state index contributed by atoms with van der Waals surface area (Å²) in [5.41, 5.74) is 0.913. The van der Waals surface area contributed by atoms with Crippen molar-refractivity contribution in [3.8, 4) is 5.75 Å². The van der Waals surface area contributed by atoms with E-state index in [1.165, 1.54) is 31.0 Å². The molecule has 0 saturated carbocycles. The summed E-state index contributed by atoms with van der Waals surface area (Å²) in [6.45, 7) is 1.80. The quantitative estimate of drug-likeness (QED) is 0.871. The molecule has 0 radical (unpaired) electrons. The fourth-order valence-corrected chi connectivity index (χ4v) is 4.26. The van der Waals surface area contributed by atoms with E-state index in [0.717, 1.165) is 4.90 Å². The number of ether oxygens (including phenoxy) is 1. The molecule has 0 unspecified atom stereocenters. The van der Waals surface area contributed by atoms with Crippen molar-refractivity contribution in [3.63, 3.8) is 0 Å². The van der Waals surface area contributed by atoms with Crippen molar-refractivity contribution < 1.29 is 17.9 Å². The van der Waals surface area contributed by atoms with E-state index in [1.807, 2.05) is 0 Å². The van der Waals surface area contributed by atoms with Crippen LogP contribution in [0.15, 0.2) is 52.3 Å². The molecule has 0 spiro atoms. The third-order valence-corrected chi connectivity index (χ3v) is 6.07. The van der Waals surface area contributed by atoms with E-state index in [1.54, 1.807) is 37.3 Å². The van der Waals surface area contributed by atoms with Gasteiger partial charge in [0.05, 0.1) is 28.6 Å². The zero-order valence-electron chi connectivity index (χ0n) is 13.1. The number of rotatable bonds is 4. The maximum atomic E-state index is 12.6. The van der Waals surface area contributed by atoms with Crippen molar-refractivity contribution in [1.29, 1.82) is 0 Å². The third-order valence-electron chi connectivity index (χ3n) is 3.51. The summed E-state index contributed by atoms with van der Waals surface area (Å²) in [4.78, 5) is 12.7. The molecule has 0 fully saturated rings. The first-order valence-electron chi connectivity index (χ1n) is 7.17. The number of amides is 1. The highest BCUT2D eigenvalue weighted by molar-refractivity contribution is 8.01. The lowest BCUT2D eigenvalue weighted by molar-refractivity contribution is -0.115. The number of hydrogen-bond acceptors (Lipinski definition) is 5. The third kappa shape index (κ3) is 3.34. The van der Waals surface area contributed by atoms with Crippen LogP contribution >= 0.6 is 11.8 Å². The van der Waals surface area contributed by atoms with E-state index in [-0.39, 0.29) is 16.1 Å². The fraction of sp³-hybridized carbons (Fsp3) is 0.188. The van der Waals surface area contributed by atoms with Gasteiger partial charge in [0.25, 0.3) is 10.0 Å². The van der Waals surface area contributed by atoms with Crippen LogP contribution in [0.5, 0.6) is 5.75 Å². The molecular formula is C16H16N2O4S2. The number of hydrogen-bond donors (Lipinski definition) is 2. The fourth-order valence-electron chi connectivity index (χ4n) is 2.26. The van der Waals surface area contributed by atoms with Crippen molar-refractivity contribution in [2.45, 2.75) is 22.0 Å². The number of nitrogens with one attached hydrogen (secondary N) is 2. The molecule has 1 aliphatic rings. The molecule has 2 aromatic rings. The largest absolute Gasteiger partial charge is 0.497 e. The maximum absolute atomic E-state index is 12.6. The number of sulfonamides is 1. The van der Waals surface area contributed by atoms with Gasteiger partial charge in [0.2, 0.25) is 5.91 Å². The van der Waals surface area contributed by atoms with E-state index in [4.69, 9.17) is 4.74 Å². The first kappa shape index (κ1) is 16.7. The van der Waals surface area contributed by atoms with Gasteiger partial charge in [-0.15, -0.1) is 11.8 Å². The minimum Gasteiger partial charge on any atom is -0.497 e. The van der Waals surface area contributed by atoms with Gasteiger partial charge < -0.3 is 10.1 Å². The Labute approximate surface area is 144 Å². The SMILES string of the molecule is COc1cccc(NS(=O)(=O)c2ccc3c(c2)NC(=O)[C@H](C)S3)c1. The first-order valence-corrected chi connectivity index (χ1v) is 9.54. The van der Waals surface area contributed by atoms with Crippen molar-refractivity contribution in [1.82, 2.24) is 0 Å². The molecule has 0 saturated heterocycles. The first-order chi connectivity index (χ1) is 11.4. The van der Waals surface area contributed by atoms with E-state index in [2.05, 4.69) is 10.0 Å². The van der Waals surface area contributed by atoms with Crippen LogP contribution < -0.4 is 14.8 Å². The second-order valence-electron chi connectivity index (χ2n) is 5.24. The molecule has 2 aromatic carbocycles. The van der Waals surface area contributed by atoms with E-state index in [0.29, 0.717) is 17.1 Å². The van der Waals surface area contributed by atoms with Crippen LogP contribution in [0.3, 0.4) is 0 Å². The van der Waals surface area contributed by atoms with Crippen LogP contribution in [0.2, 0.25) is 0 Å². The summed E-state index contributed by atoms with van der Waals surface area (Å²) < 4.78 is 32.7. The molecule has 0 bridgehead atoms. The number of carbonyl (C=O) groups excluding carboxylic acids is 1. The highest BCUT2D eigenvalue weighted by atomic mass is 32.2. The molecule has 8 heteroatoms. The number of thioether (sulfide) groups is 1. The van der Waals surface area contributed by atoms with Gasteiger partial charge in [-0.25, -0.2) is 8.42 Å². The summed E-state index contributed by atoms with van der Waals surface area (Å²) in [5.74, 6) is 0.418. The Morgan fingerprint density at radius 1 is 1.21 bits per heavy atom. The Balaban J connectivity index is 1.90. The van der Waals surface area contributed by atoms with Gasteiger partial charge in [-0.2, -0.15) is 0 Å². The molecule has 1 amide bonds. The van der Waals surface area contributed by atoms with Crippen LogP contribution in [0.1, 0.15) is 6.92 Å². The summed E-state index contributed by atoms with van der Waals surface area (Å²) in [7, 11) is -2.26. The Kier molecular flexibility index (Phi) is 4.42. The lowest BCUT2D eigenvalue weighted by atomic mass is 10.3. The maximum Gasteiger partial charge on any atom is 0.261 e. The topological polar surface area (TPSA) is 84.5 Å². The van der Waals surface area contributed by atoms with Gasteiger partial charge in [-0.05, 0) is 37.3 Å². The van der Waals surface area contributed by atoms with Crippen molar-refractivity contribution in [3.05, 3.63) is 42.5 Å². The van der Waals surface area contributed by atoms with E-state index in [9.17, 15) is 13.2 Å². The van der Waals surface area contributed by atoms with Crippen LogP contribution in [-0.4, -0.2) is 26.7 Å². The summed E-state index contributed by atoms with van der Waals surface area (Å²) in [6.07, 6.45) is 0. The predicted octanol–water partition coefficient (Wildman–Crippen LogP) is 2.93. The Hall–Kier alpha value is -2.19. The summed E-state index contributed by atoms with van der Waals surface area (Å²) in [5, 5.41) is 2.53. The van der Waals surface area contributed by atoms with Gasteiger partial charge >= 0.3 is 0 Å². The number of fused-ring (bicyclic) bond motifs is 1. The summed E-state index contributed by atoms with van der Waals surface area (Å²) >= 11 is 1.40. The van der Waals surface area contributed by atoms with Gasteiger partial charge in [-0.3, -0.25) is 9.52 Å². The van der Waals surface area contributed by atoms with Gasteiger partial charge in [-0.1, -0.05) is 6.07 Å². The lowest BCUT2D eigenvalue weighted by Gasteiger charge is -2.22. The van der Waals surface area contributed by atoms with E-state index >= 15 is 0 Å². The molecule has 0 aromatic heterocycles. The number of methoxy groups -OCH3 is 1. The number of carbonyl (C=O) groups is 1. The van der Waals surface area contributed by atoms with Crippen LogP contribution in [0.4, 0.5) is 11.4 Å². The van der Waals surface area contributed by atoms with Gasteiger partial charge in [0.1, 0.15) is 5.75 Å². The zero-order valence-corrected chi connectivity index (χ0v) is 14.7. The molecule has 1 atom stereocenters. The van der Waals surface area contributed by atoms with Crippen LogP contribution in [-0.2, 0) is 14.8 Å². The summed E-state index contributed by atoms with van der Waals surface area (Å²) in [6, 6.07) is 11.3. The zero-order chi connectivity index (χ0) is 17.3. The minimum absolute atomic E-state index is 0.0829. The number of benzene rings is 2. The molecule has 126 valence electrons. The Bertz CT molecular complexity index is 897. The minimum atomic E-state index is -3.77. The van der Waals surface area contributed by atoms with Crippen LogP contribution in [0.25, 0.3) is 0 Å². The van der Waals surface area contributed by atoms with Crippen LogP contribution in [0, 0.1) is 0 Å². The highest BCUT2D eigenvalue weighted by Gasteiger charge is 2.25. The van der Waals surface area contributed by atoms with E-state index < -0.39 is 10.0 Å². The van der Waals surface area contributed by atoms with Gasteiger partial charge in [0.15, 0.2) is 0 Å². The highest BCUT2D eigenvalue weighted by Crippen LogP contribution is 2.37. The van der Waals surface area contributed by atoms with Gasteiger partial charge in [0, 0.05) is 11.0 Å².